The lowest BCUT2D eigenvalue weighted by Crippen LogP contribution is -2.38. The molecule has 110 valence electrons. The molecule has 1 heterocycles. The van der Waals surface area contributed by atoms with Crippen molar-refractivity contribution in [1.29, 1.82) is 0 Å². The average Bonchev–Trinajstić information content (AvgIpc) is 2.91. The van der Waals surface area contributed by atoms with Crippen LogP contribution in [0.2, 0.25) is 0 Å². The van der Waals surface area contributed by atoms with Gasteiger partial charge in [-0.3, -0.25) is 0 Å². The molecule has 0 aromatic heterocycles. The van der Waals surface area contributed by atoms with Crippen LogP contribution in [-0.2, 0) is 15.8 Å². The Morgan fingerprint density at radius 2 is 2.20 bits per heavy atom. The highest BCUT2D eigenvalue weighted by atomic mass is 32.2. The second-order valence-electron chi connectivity index (χ2n) is 4.81. The predicted molar refractivity (Wildman–Crippen MR) is 88.4 cm³/mol. The maximum Gasteiger partial charge on any atom is 0.218 e. The van der Waals surface area contributed by atoms with Gasteiger partial charge < -0.3 is 5.73 Å². The van der Waals surface area contributed by atoms with E-state index in [0.717, 1.165) is 17.9 Å². The summed E-state index contributed by atoms with van der Waals surface area (Å²) in [6, 6.07) is 7.24. The molecule has 2 rings (SSSR count). The highest BCUT2D eigenvalue weighted by molar-refractivity contribution is 7.99. The lowest BCUT2D eigenvalue weighted by molar-refractivity contribution is 0.394. The minimum atomic E-state index is -3.35. The lowest BCUT2D eigenvalue weighted by Gasteiger charge is -2.23. The summed E-state index contributed by atoms with van der Waals surface area (Å²) in [5, 5.41) is 0. The standard InChI is InChI=1S/C13H18N2O2S3/c1-15(11-6-7-19-8-11)20(16,17)9-10-4-2-3-5-12(10)13(14)18/h2-5,11H,6-9H2,1H3,(H2,14,18). The molecule has 0 bridgehead atoms. The van der Waals surface area contributed by atoms with Gasteiger partial charge in [0.2, 0.25) is 10.0 Å². The molecule has 1 saturated heterocycles. The van der Waals surface area contributed by atoms with Gasteiger partial charge in [0.25, 0.3) is 0 Å². The van der Waals surface area contributed by atoms with Crippen LogP contribution in [0.5, 0.6) is 0 Å². The molecule has 1 aliphatic heterocycles. The second kappa shape index (κ2) is 6.43. The highest BCUT2D eigenvalue weighted by Gasteiger charge is 2.29. The number of thioether (sulfide) groups is 1. The van der Waals surface area contributed by atoms with Crippen LogP contribution >= 0.6 is 24.0 Å². The Hall–Kier alpha value is -0.630. The van der Waals surface area contributed by atoms with E-state index in [2.05, 4.69) is 0 Å². The van der Waals surface area contributed by atoms with Crippen molar-refractivity contribution in [3.63, 3.8) is 0 Å². The molecule has 1 aromatic carbocycles. The predicted octanol–water partition coefficient (Wildman–Crippen LogP) is 1.59. The first-order chi connectivity index (χ1) is 9.42. The summed E-state index contributed by atoms with van der Waals surface area (Å²) < 4.78 is 26.5. The first-order valence-electron chi connectivity index (χ1n) is 6.33. The fraction of sp³-hybridized carbons (Fsp3) is 0.462. The average molecular weight is 331 g/mol. The van der Waals surface area contributed by atoms with Crippen molar-refractivity contribution in [2.75, 3.05) is 18.6 Å². The molecule has 0 amide bonds. The molecule has 1 unspecified atom stereocenters. The number of sulfonamides is 1. The largest absolute Gasteiger partial charge is 0.389 e. The summed E-state index contributed by atoms with van der Waals surface area (Å²) in [6.07, 6.45) is 0.914. The van der Waals surface area contributed by atoms with E-state index in [1.807, 2.05) is 6.07 Å². The van der Waals surface area contributed by atoms with Crippen LogP contribution in [0, 0.1) is 0 Å². The number of benzene rings is 1. The zero-order chi connectivity index (χ0) is 14.8. The zero-order valence-electron chi connectivity index (χ0n) is 11.3. The summed E-state index contributed by atoms with van der Waals surface area (Å²) in [5.41, 5.74) is 6.95. The highest BCUT2D eigenvalue weighted by Crippen LogP contribution is 2.25. The van der Waals surface area contributed by atoms with Crippen molar-refractivity contribution in [2.45, 2.75) is 18.2 Å². The van der Waals surface area contributed by atoms with Gasteiger partial charge in [0, 0.05) is 24.4 Å². The minimum Gasteiger partial charge on any atom is -0.389 e. The molecule has 1 fully saturated rings. The molecular weight excluding hydrogens is 312 g/mol. The third kappa shape index (κ3) is 3.52. The first-order valence-corrected chi connectivity index (χ1v) is 9.50. The summed E-state index contributed by atoms with van der Waals surface area (Å²) >= 11 is 6.77. The Morgan fingerprint density at radius 1 is 1.50 bits per heavy atom. The third-order valence-corrected chi connectivity index (χ3v) is 6.70. The molecular formula is C13H18N2O2S3. The van der Waals surface area contributed by atoms with E-state index in [-0.39, 0.29) is 16.8 Å². The second-order valence-corrected chi connectivity index (χ2v) is 8.43. The zero-order valence-corrected chi connectivity index (χ0v) is 13.7. The SMILES string of the molecule is CN(C1CCSC1)S(=O)(=O)Cc1ccccc1C(N)=S. The molecule has 4 nitrogen and oxygen atoms in total. The van der Waals surface area contributed by atoms with Crippen LogP contribution in [0.15, 0.2) is 24.3 Å². The van der Waals surface area contributed by atoms with E-state index >= 15 is 0 Å². The van der Waals surface area contributed by atoms with Gasteiger partial charge in [-0.15, -0.1) is 0 Å². The molecule has 1 atom stereocenters. The van der Waals surface area contributed by atoms with E-state index in [1.54, 1.807) is 37.0 Å². The molecule has 0 saturated carbocycles. The van der Waals surface area contributed by atoms with E-state index in [1.165, 1.54) is 4.31 Å². The molecule has 2 N–H and O–H groups in total. The van der Waals surface area contributed by atoms with Crippen LogP contribution in [0.3, 0.4) is 0 Å². The van der Waals surface area contributed by atoms with Crippen molar-refractivity contribution in [1.82, 2.24) is 4.31 Å². The Kier molecular flexibility index (Phi) is 5.06. The minimum absolute atomic E-state index is 0.0574. The molecule has 7 heteroatoms. The van der Waals surface area contributed by atoms with Crippen LogP contribution in [-0.4, -0.2) is 42.3 Å². The van der Waals surface area contributed by atoms with Gasteiger partial charge in [0.15, 0.2) is 0 Å². The number of hydrogen-bond donors (Lipinski definition) is 1. The summed E-state index contributed by atoms with van der Waals surface area (Å²) in [7, 11) is -1.69. The first kappa shape index (κ1) is 15.8. The van der Waals surface area contributed by atoms with Crippen LogP contribution < -0.4 is 5.73 Å². The van der Waals surface area contributed by atoms with Crippen LogP contribution in [0.4, 0.5) is 0 Å². The number of nitrogens with zero attached hydrogens (tertiary/aromatic N) is 1. The Balaban J connectivity index is 2.22. The van der Waals surface area contributed by atoms with Crippen molar-refractivity contribution >= 4 is 39.0 Å². The number of thiocarbonyl (C=S) groups is 1. The van der Waals surface area contributed by atoms with Gasteiger partial charge in [0.05, 0.1) is 5.75 Å². The van der Waals surface area contributed by atoms with Gasteiger partial charge in [-0.2, -0.15) is 11.8 Å². The van der Waals surface area contributed by atoms with Gasteiger partial charge in [-0.25, -0.2) is 12.7 Å². The third-order valence-electron chi connectivity index (χ3n) is 3.48. The van der Waals surface area contributed by atoms with E-state index in [9.17, 15) is 8.42 Å². The maximum atomic E-state index is 12.5. The molecule has 0 spiro atoms. The van der Waals surface area contributed by atoms with E-state index < -0.39 is 10.0 Å². The van der Waals surface area contributed by atoms with Crippen molar-refractivity contribution in [3.05, 3.63) is 35.4 Å². The number of rotatable bonds is 5. The van der Waals surface area contributed by atoms with Crippen molar-refractivity contribution in [2.24, 2.45) is 5.73 Å². The maximum absolute atomic E-state index is 12.5. The molecule has 1 aliphatic rings. The normalized spacial score (nSPS) is 19.4. The quantitative estimate of drug-likeness (QED) is 0.831. The van der Waals surface area contributed by atoms with Gasteiger partial charge >= 0.3 is 0 Å². The smallest absolute Gasteiger partial charge is 0.218 e. The van der Waals surface area contributed by atoms with Crippen molar-refractivity contribution < 1.29 is 8.42 Å². The molecule has 1 aromatic rings. The Bertz CT molecular complexity index is 595. The van der Waals surface area contributed by atoms with E-state index in [4.69, 9.17) is 18.0 Å². The van der Waals surface area contributed by atoms with Gasteiger partial charge in [0.1, 0.15) is 4.99 Å². The topological polar surface area (TPSA) is 63.4 Å². The molecule has 0 aliphatic carbocycles. The van der Waals surface area contributed by atoms with Crippen LogP contribution in [0.1, 0.15) is 17.5 Å². The monoisotopic (exact) mass is 330 g/mol. The van der Waals surface area contributed by atoms with Gasteiger partial charge in [-0.05, 0) is 17.7 Å². The summed E-state index contributed by atoms with van der Waals surface area (Å²) in [5.74, 6) is 1.83. The number of nitrogens with two attached hydrogens (primary N) is 1. The van der Waals surface area contributed by atoms with Crippen molar-refractivity contribution in [3.8, 4) is 0 Å². The Morgan fingerprint density at radius 3 is 2.80 bits per heavy atom. The summed E-state index contributed by atoms with van der Waals surface area (Å²) in [6.45, 7) is 0. The molecule has 0 radical (unpaired) electrons. The van der Waals surface area contributed by atoms with Gasteiger partial charge in [-0.1, -0.05) is 36.5 Å². The summed E-state index contributed by atoms with van der Waals surface area (Å²) in [4.78, 5) is 0.231. The Labute approximate surface area is 129 Å². The number of hydrogen-bond acceptors (Lipinski definition) is 4. The fourth-order valence-corrected chi connectivity index (χ4v) is 5.26. The fourth-order valence-electron chi connectivity index (χ4n) is 2.22. The van der Waals surface area contributed by atoms with Crippen LogP contribution in [0.25, 0.3) is 0 Å². The van der Waals surface area contributed by atoms with E-state index in [0.29, 0.717) is 11.1 Å². The lowest BCUT2D eigenvalue weighted by atomic mass is 10.1. The molecule has 20 heavy (non-hydrogen) atoms.